The number of anilines is 2. The van der Waals surface area contributed by atoms with Crippen molar-refractivity contribution < 1.29 is 19.1 Å². The lowest BCUT2D eigenvalue weighted by molar-refractivity contribution is -0.141. The summed E-state index contributed by atoms with van der Waals surface area (Å²) in [4.78, 5) is 28.1. The van der Waals surface area contributed by atoms with Gasteiger partial charge in [0.2, 0.25) is 0 Å². The third-order valence-corrected chi connectivity index (χ3v) is 6.60. The van der Waals surface area contributed by atoms with Gasteiger partial charge in [0.25, 0.3) is 5.91 Å². The van der Waals surface area contributed by atoms with Crippen LogP contribution in [0.3, 0.4) is 0 Å². The zero-order valence-electron chi connectivity index (χ0n) is 19.9. The van der Waals surface area contributed by atoms with Gasteiger partial charge in [-0.1, -0.05) is 26.0 Å². The quantitative estimate of drug-likeness (QED) is 0.702. The van der Waals surface area contributed by atoms with Gasteiger partial charge in [-0.3, -0.25) is 9.59 Å². The number of nitrogens with zero attached hydrogens (tertiary/aromatic N) is 2. The van der Waals surface area contributed by atoms with Gasteiger partial charge in [-0.05, 0) is 53.3 Å². The van der Waals surface area contributed by atoms with E-state index in [0.717, 1.165) is 44.0 Å². The van der Waals surface area contributed by atoms with E-state index in [9.17, 15) is 9.59 Å². The summed E-state index contributed by atoms with van der Waals surface area (Å²) in [5, 5.41) is 3.73. The zero-order chi connectivity index (χ0) is 23.6. The molecule has 2 aliphatic heterocycles. The molecule has 7 nitrogen and oxygen atoms in total. The number of likely N-dealkylation sites (N-methyl/N-ethyl adjacent to an activating group) is 1. The van der Waals surface area contributed by atoms with Crippen molar-refractivity contribution in [2.45, 2.75) is 26.3 Å². The summed E-state index contributed by atoms with van der Waals surface area (Å²) in [6.07, 6.45) is 0.837. The molecule has 0 radical (unpaired) electrons. The molecule has 0 aliphatic carbocycles. The van der Waals surface area contributed by atoms with Crippen LogP contribution in [0.1, 0.15) is 41.4 Å². The topological polar surface area (TPSA) is 71.1 Å². The third-order valence-electron chi connectivity index (χ3n) is 6.60. The summed E-state index contributed by atoms with van der Waals surface area (Å²) in [6, 6.07) is 14.7. The Morgan fingerprint density at radius 1 is 1.18 bits per heavy atom. The summed E-state index contributed by atoms with van der Waals surface area (Å²) in [5.74, 6) is -0.630. The van der Waals surface area contributed by atoms with Crippen molar-refractivity contribution in [3.05, 3.63) is 59.2 Å². The number of carbonyl (C=O) groups is 2. The molecule has 176 valence electrons. The van der Waals surface area contributed by atoms with E-state index < -0.39 is 5.97 Å². The number of methoxy groups -OCH3 is 1. The van der Waals surface area contributed by atoms with E-state index in [1.807, 2.05) is 18.2 Å². The first kappa shape index (κ1) is 23.1. The maximum Gasteiger partial charge on any atom is 0.325 e. The molecule has 1 saturated heterocycles. The number of rotatable bonds is 5. The van der Waals surface area contributed by atoms with Crippen LogP contribution in [0.15, 0.2) is 42.5 Å². The number of nitrogens with one attached hydrogen (secondary N) is 1. The molecule has 0 bridgehead atoms. The van der Waals surface area contributed by atoms with E-state index >= 15 is 0 Å². The highest BCUT2D eigenvalue weighted by Gasteiger charge is 2.36. The third kappa shape index (κ3) is 4.98. The molecule has 4 rings (SSSR count). The lowest BCUT2D eigenvalue weighted by Crippen LogP contribution is -2.37. The van der Waals surface area contributed by atoms with Gasteiger partial charge in [0.05, 0.1) is 26.4 Å². The van der Waals surface area contributed by atoms with Crippen molar-refractivity contribution in [2.75, 3.05) is 57.2 Å². The van der Waals surface area contributed by atoms with E-state index in [-0.39, 0.29) is 23.9 Å². The molecule has 2 aromatic rings. The van der Waals surface area contributed by atoms with Crippen LogP contribution in [0.25, 0.3) is 0 Å². The fraction of sp³-hybridized carbons (Fsp3) is 0.462. The first-order chi connectivity index (χ1) is 15.8. The predicted molar refractivity (Wildman–Crippen MR) is 129 cm³/mol. The standard InChI is InChI=1S/C26H33N3O4/c1-26(2)16-20-14-19(25(31)28(3)17-23(30)32-4)8-9-22(20)27-24(26)18-6-5-7-21(15-18)29-10-12-33-13-11-29/h5-9,14-15,24,27H,10-13,16-17H2,1-4H3. The zero-order valence-corrected chi connectivity index (χ0v) is 19.9. The minimum atomic E-state index is -0.436. The summed E-state index contributed by atoms with van der Waals surface area (Å²) in [6.45, 7) is 7.79. The molecule has 7 heteroatoms. The molecule has 1 amide bonds. The second-order valence-corrected chi connectivity index (χ2v) is 9.55. The average molecular weight is 452 g/mol. The second kappa shape index (κ2) is 9.43. The largest absolute Gasteiger partial charge is 0.468 e. The number of ether oxygens (including phenoxy) is 2. The van der Waals surface area contributed by atoms with Gasteiger partial charge >= 0.3 is 5.97 Å². The molecule has 2 aliphatic rings. The van der Waals surface area contributed by atoms with E-state index in [4.69, 9.17) is 4.74 Å². The molecule has 33 heavy (non-hydrogen) atoms. The molecule has 2 aromatic carbocycles. The molecular formula is C26H33N3O4. The molecule has 0 saturated carbocycles. The number of amides is 1. The van der Waals surface area contributed by atoms with Crippen molar-refractivity contribution in [2.24, 2.45) is 5.41 Å². The Hall–Kier alpha value is -3.06. The molecule has 1 N–H and O–H groups in total. The van der Waals surface area contributed by atoms with Gasteiger partial charge in [-0.2, -0.15) is 0 Å². The molecule has 1 fully saturated rings. The van der Waals surface area contributed by atoms with Gasteiger partial charge in [0.1, 0.15) is 6.54 Å². The smallest absolute Gasteiger partial charge is 0.325 e. The Kier molecular flexibility index (Phi) is 6.61. The van der Waals surface area contributed by atoms with Crippen molar-refractivity contribution in [1.82, 2.24) is 4.90 Å². The van der Waals surface area contributed by atoms with Crippen LogP contribution >= 0.6 is 0 Å². The maximum atomic E-state index is 12.8. The molecular weight excluding hydrogens is 418 g/mol. The lowest BCUT2D eigenvalue weighted by Gasteiger charge is -2.42. The molecule has 0 spiro atoms. The van der Waals surface area contributed by atoms with Crippen LogP contribution in [0.2, 0.25) is 0 Å². The average Bonchev–Trinajstić information content (AvgIpc) is 2.82. The Bertz CT molecular complexity index is 1030. The van der Waals surface area contributed by atoms with Crippen LogP contribution in [-0.4, -0.2) is 63.8 Å². The number of carbonyl (C=O) groups excluding carboxylic acids is 2. The number of esters is 1. The summed E-state index contributed by atoms with van der Waals surface area (Å²) >= 11 is 0. The van der Waals surface area contributed by atoms with Gasteiger partial charge in [-0.15, -0.1) is 0 Å². The Morgan fingerprint density at radius 3 is 2.67 bits per heavy atom. The summed E-state index contributed by atoms with van der Waals surface area (Å²) < 4.78 is 10.2. The van der Waals surface area contributed by atoms with Crippen molar-refractivity contribution in [1.29, 1.82) is 0 Å². The van der Waals surface area contributed by atoms with E-state index in [1.54, 1.807) is 7.05 Å². The first-order valence-corrected chi connectivity index (χ1v) is 11.4. The van der Waals surface area contributed by atoms with Crippen LogP contribution < -0.4 is 10.2 Å². The Balaban J connectivity index is 1.56. The second-order valence-electron chi connectivity index (χ2n) is 9.55. The minimum Gasteiger partial charge on any atom is -0.468 e. The lowest BCUT2D eigenvalue weighted by atomic mass is 9.72. The fourth-order valence-electron chi connectivity index (χ4n) is 4.77. The summed E-state index contributed by atoms with van der Waals surface area (Å²) in [7, 11) is 2.93. The van der Waals surface area contributed by atoms with Crippen LogP contribution in [0.5, 0.6) is 0 Å². The Morgan fingerprint density at radius 2 is 1.94 bits per heavy atom. The number of benzene rings is 2. The van der Waals surface area contributed by atoms with Crippen LogP contribution in [0.4, 0.5) is 11.4 Å². The van der Waals surface area contributed by atoms with Gasteiger partial charge in [0.15, 0.2) is 0 Å². The number of morpholine rings is 1. The monoisotopic (exact) mass is 451 g/mol. The summed E-state index contributed by atoms with van der Waals surface area (Å²) in [5.41, 5.74) is 5.16. The van der Waals surface area contributed by atoms with Crippen molar-refractivity contribution in [3.63, 3.8) is 0 Å². The number of hydrogen-bond acceptors (Lipinski definition) is 6. The highest BCUT2D eigenvalue weighted by Crippen LogP contribution is 2.45. The van der Waals surface area contributed by atoms with E-state index in [2.05, 4.69) is 53.1 Å². The van der Waals surface area contributed by atoms with Crippen molar-refractivity contribution in [3.8, 4) is 0 Å². The first-order valence-electron chi connectivity index (χ1n) is 11.4. The fourth-order valence-corrected chi connectivity index (χ4v) is 4.77. The SMILES string of the molecule is COC(=O)CN(C)C(=O)c1ccc2c(c1)CC(C)(C)C(c1cccc(N3CCOCC3)c1)N2. The number of fused-ring (bicyclic) bond motifs is 1. The molecule has 2 heterocycles. The number of hydrogen-bond donors (Lipinski definition) is 1. The van der Waals surface area contributed by atoms with Crippen LogP contribution in [0, 0.1) is 5.41 Å². The predicted octanol–water partition coefficient (Wildman–Crippen LogP) is 3.50. The van der Waals surface area contributed by atoms with Crippen molar-refractivity contribution >= 4 is 23.3 Å². The van der Waals surface area contributed by atoms with Gasteiger partial charge in [-0.25, -0.2) is 0 Å². The van der Waals surface area contributed by atoms with E-state index in [0.29, 0.717) is 5.56 Å². The molecule has 1 atom stereocenters. The van der Waals surface area contributed by atoms with Gasteiger partial charge < -0.3 is 24.6 Å². The molecule has 1 unspecified atom stereocenters. The molecule has 0 aromatic heterocycles. The van der Waals surface area contributed by atoms with Gasteiger partial charge in [0, 0.05) is 37.1 Å². The highest BCUT2D eigenvalue weighted by molar-refractivity contribution is 5.96. The van der Waals surface area contributed by atoms with Crippen LogP contribution in [-0.2, 0) is 20.7 Å². The van der Waals surface area contributed by atoms with E-state index in [1.165, 1.54) is 23.3 Å². The maximum absolute atomic E-state index is 12.8. The Labute approximate surface area is 195 Å². The minimum absolute atomic E-state index is 0.0593. The normalized spacial score (nSPS) is 19.3. The highest BCUT2D eigenvalue weighted by atomic mass is 16.5.